The van der Waals surface area contributed by atoms with Crippen molar-refractivity contribution in [1.29, 1.82) is 5.26 Å². The van der Waals surface area contributed by atoms with Crippen LogP contribution in [0.4, 0.5) is 0 Å². The average molecular weight is 292 g/mol. The molecule has 0 unspecified atom stereocenters. The van der Waals surface area contributed by atoms with Gasteiger partial charge in [-0.1, -0.05) is 11.8 Å². The molecule has 16 heavy (non-hydrogen) atoms. The van der Waals surface area contributed by atoms with Crippen molar-refractivity contribution in [2.45, 2.75) is 9.92 Å². The Morgan fingerprint density at radius 2 is 2.12 bits per heavy atom. The van der Waals surface area contributed by atoms with Crippen LogP contribution in [0.1, 0.15) is 5.69 Å². The highest BCUT2D eigenvalue weighted by atomic mass is 79.9. The lowest BCUT2D eigenvalue weighted by Crippen LogP contribution is -1.86. The Balaban J connectivity index is 2.27. The first-order valence-electron chi connectivity index (χ1n) is 4.44. The molecule has 2 rings (SSSR count). The Labute approximate surface area is 106 Å². The van der Waals surface area contributed by atoms with E-state index in [9.17, 15) is 0 Å². The molecule has 0 aliphatic heterocycles. The normalized spacial score (nSPS) is 9.75. The van der Waals surface area contributed by atoms with Crippen LogP contribution in [0.2, 0.25) is 0 Å². The van der Waals surface area contributed by atoms with E-state index >= 15 is 0 Å². The fraction of sp³-hybridized carbons (Fsp3) is 0. The first kappa shape index (κ1) is 11.1. The number of pyridine rings is 2. The average Bonchev–Trinajstić information content (AvgIpc) is 2.33. The van der Waals surface area contributed by atoms with E-state index in [-0.39, 0.29) is 0 Å². The molecule has 0 fully saturated rings. The van der Waals surface area contributed by atoms with Crippen LogP contribution in [0.15, 0.2) is 51.1 Å². The summed E-state index contributed by atoms with van der Waals surface area (Å²) >= 11 is 4.75. The quantitative estimate of drug-likeness (QED) is 0.852. The van der Waals surface area contributed by atoms with Crippen LogP contribution in [0.25, 0.3) is 0 Å². The Morgan fingerprint density at radius 3 is 2.81 bits per heavy atom. The topological polar surface area (TPSA) is 49.6 Å². The fourth-order valence-electron chi connectivity index (χ4n) is 1.09. The van der Waals surface area contributed by atoms with Crippen LogP contribution in [0.5, 0.6) is 0 Å². The van der Waals surface area contributed by atoms with Gasteiger partial charge in [-0.2, -0.15) is 5.26 Å². The standard InChI is InChI=1S/C11H6BrN3S/c12-8-3-4-11(15-7-8)16-10-2-1-5-14-9(10)6-13/h1-5,7H. The van der Waals surface area contributed by atoms with Crippen molar-refractivity contribution in [1.82, 2.24) is 9.97 Å². The molecule has 2 heterocycles. The summed E-state index contributed by atoms with van der Waals surface area (Å²) in [5.74, 6) is 0. The van der Waals surface area contributed by atoms with Gasteiger partial charge in [-0.15, -0.1) is 0 Å². The maximum atomic E-state index is 8.89. The van der Waals surface area contributed by atoms with Crippen LogP contribution < -0.4 is 0 Å². The fourth-order valence-corrected chi connectivity index (χ4v) is 2.14. The summed E-state index contributed by atoms with van der Waals surface area (Å²) in [4.78, 5) is 9.04. The van der Waals surface area contributed by atoms with E-state index in [2.05, 4.69) is 32.0 Å². The van der Waals surface area contributed by atoms with E-state index in [0.29, 0.717) is 5.69 Å². The minimum absolute atomic E-state index is 0.428. The number of rotatable bonds is 2. The third-order valence-electron chi connectivity index (χ3n) is 1.79. The Hall–Kier alpha value is -1.38. The molecule has 0 aliphatic rings. The number of hydrogen-bond donors (Lipinski definition) is 0. The molecule has 78 valence electrons. The van der Waals surface area contributed by atoms with Crippen LogP contribution in [-0.2, 0) is 0 Å². The number of aromatic nitrogens is 2. The van der Waals surface area contributed by atoms with Gasteiger partial charge in [0.2, 0.25) is 0 Å². The lowest BCUT2D eigenvalue weighted by atomic mass is 10.4. The number of halogens is 1. The first-order chi connectivity index (χ1) is 7.79. The van der Waals surface area contributed by atoms with E-state index in [4.69, 9.17) is 5.26 Å². The molecule has 0 saturated heterocycles. The van der Waals surface area contributed by atoms with Gasteiger partial charge >= 0.3 is 0 Å². The first-order valence-corrected chi connectivity index (χ1v) is 6.05. The predicted molar refractivity (Wildman–Crippen MR) is 65.0 cm³/mol. The molecule has 0 bridgehead atoms. The molecule has 0 amide bonds. The molecule has 0 spiro atoms. The van der Waals surface area contributed by atoms with Gasteiger partial charge in [0.1, 0.15) is 11.1 Å². The van der Waals surface area contributed by atoms with E-state index in [1.165, 1.54) is 11.8 Å². The van der Waals surface area contributed by atoms with Gasteiger partial charge in [-0.3, -0.25) is 0 Å². The van der Waals surface area contributed by atoms with Crippen molar-refractivity contribution >= 4 is 27.7 Å². The minimum atomic E-state index is 0.428. The van der Waals surface area contributed by atoms with Gasteiger partial charge in [-0.05, 0) is 40.2 Å². The van der Waals surface area contributed by atoms with Crippen molar-refractivity contribution in [3.8, 4) is 6.07 Å². The number of hydrogen-bond acceptors (Lipinski definition) is 4. The Morgan fingerprint density at radius 1 is 1.25 bits per heavy atom. The molecule has 5 heteroatoms. The summed E-state index contributed by atoms with van der Waals surface area (Å²) in [5, 5.41) is 9.73. The summed E-state index contributed by atoms with van der Waals surface area (Å²) in [6.45, 7) is 0. The van der Waals surface area contributed by atoms with Gasteiger partial charge in [0.25, 0.3) is 0 Å². The monoisotopic (exact) mass is 291 g/mol. The lowest BCUT2D eigenvalue weighted by Gasteiger charge is -2.01. The molecule has 0 aromatic carbocycles. The maximum absolute atomic E-state index is 8.89. The lowest BCUT2D eigenvalue weighted by molar-refractivity contribution is 1.11. The van der Waals surface area contributed by atoms with Crippen LogP contribution in [-0.4, -0.2) is 9.97 Å². The van der Waals surface area contributed by atoms with Crippen molar-refractivity contribution in [3.63, 3.8) is 0 Å². The van der Waals surface area contributed by atoms with E-state index in [1.54, 1.807) is 12.4 Å². The largest absolute Gasteiger partial charge is 0.248 e. The van der Waals surface area contributed by atoms with Crippen molar-refractivity contribution < 1.29 is 0 Å². The number of nitriles is 1. The molecular formula is C11H6BrN3S. The zero-order valence-corrected chi connectivity index (χ0v) is 10.5. The summed E-state index contributed by atoms with van der Waals surface area (Å²) in [6.07, 6.45) is 3.34. The zero-order valence-electron chi connectivity index (χ0n) is 8.09. The second-order valence-electron chi connectivity index (χ2n) is 2.88. The van der Waals surface area contributed by atoms with Gasteiger partial charge in [0.05, 0.1) is 4.90 Å². The summed E-state index contributed by atoms with van der Waals surface area (Å²) in [5.41, 5.74) is 0.428. The van der Waals surface area contributed by atoms with Gasteiger partial charge < -0.3 is 0 Å². The van der Waals surface area contributed by atoms with Gasteiger partial charge in [-0.25, -0.2) is 9.97 Å². The van der Waals surface area contributed by atoms with E-state index in [0.717, 1.165) is 14.4 Å². The second-order valence-corrected chi connectivity index (χ2v) is 4.86. The molecule has 3 nitrogen and oxygen atoms in total. The van der Waals surface area contributed by atoms with Crippen LogP contribution in [0, 0.1) is 11.3 Å². The van der Waals surface area contributed by atoms with Crippen LogP contribution >= 0.6 is 27.7 Å². The highest BCUT2D eigenvalue weighted by molar-refractivity contribution is 9.10. The SMILES string of the molecule is N#Cc1ncccc1Sc1ccc(Br)cn1. The molecule has 0 N–H and O–H groups in total. The highest BCUT2D eigenvalue weighted by Crippen LogP contribution is 2.28. The third kappa shape index (κ3) is 2.60. The number of nitrogens with zero attached hydrogens (tertiary/aromatic N) is 3. The highest BCUT2D eigenvalue weighted by Gasteiger charge is 2.04. The second kappa shape index (κ2) is 5.10. The van der Waals surface area contributed by atoms with E-state index < -0.39 is 0 Å². The molecular weight excluding hydrogens is 286 g/mol. The maximum Gasteiger partial charge on any atom is 0.154 e. The van der Waals surface area contributed by atoms with Crippen molar-refractivity contribution in [3.05, 3.63) is 46.8 Å². The summed E-state index contributed by atoms with van der Waals surface area (Å²) in [7, 11) is 0. The van der Waals surface area contributed by atoms with Crippen molar-refractivity contribution in [2.24, 2.45) is 0 Å². The Bertz CT molecular complexity index is 534. The predicted octanol–water partition coefficient (Wildman–Crippen LogP) is 3.26. The molecule has 0 radical (unpaired) electrons. The summed E-state index contributed by atoms with van der Waals surface area (Å²) in [6, 6.07) is 9.53. The minimum Gasteiger partial charge on any atom is -0.248 e. The van der Waals surface area contributed by atoms with Crippen molar-refractivity contribution in [2.75, 3.05) is 0 Å². The third-order valence-corrected chi connectivity index (χ3v) is 3.26. The van der Waals surface area contributed by atoms with Gasteiger partial charge in [0.15, 0.2) is 5.69 Å². The van der Waals surface area contributed by atoms with Crippen LogP contribution in [0.3, 0.4) is 0 Å². The van der Waals surface area contributed by atoms with E-state index in [1.807, 2.05) is 24.3 Å². The molecule has 0 saturated carbocycles. The molecule has 0 atom stereocenters. The Kier molecular flexibility index (Phi) is 3.54. The molecule has 0 aliphatic carbocycles. The van der Waals surface area contributed by atoms with Gasteiger partial charge in [0, 0.05) is 16.9 Å². The molecule has 2 aromatic rings. The molecule has 2 aromatic heterocycles. The zero-order chi connectivity index (χ0) is 11.4. The summed E-state index contributed by atoms with van der Waals surface area (Å²) < 4.78 is 0.934. The smallest absolute Gasteiger partial charge is 0.154 e.